The van der Waals surface area contributed by atoms with Gasteiger partial charge < -0.3 is 10.2 Å². The first-order valence-corrected chi connectivity index (χ1v) is 6.60. The molecule has 3 nitrogen and oxygen atoms in total. The van der Waals surface area contributed by atoms with Crippen LogP contribution in [0.25, 0.3) is 0 Å². The molecule has 1 aliphatic heterocycles. The summed E-state index contributed by atoms with van der Waals surface area (Å²) in [5, 5.41) is 3.11. The highest BCUT2D eigenvalue weighted by Gasteiger charge is 2.22. The van der Waals surface area contributed by atoms with Gasteiger partial charge in [0.2, 0.25) is 0 Å². The molecule has 1 N–H and O–H groups in total. The van der Waals surface area contributed by atoms with E-state index in [1.54, 1.807) is 0 Å². The Hall–Kier alpha value is -0.730. The number of amides is 2. The Morgan fingerprint density at radius 3 is 2.75 bits per heavy atom. The third-order valence-electron chi connectivity index (χ3n) is 3.79. The average Bonchev–Trinajstić information content (AvgIpc) is 2.27. The summed E-state index contributed by atoms with van der Waals surface area (Å²) in [6.07, 6.45) is 3.51. The molecule has 0 aliphatic carbocycles. The Morgan fingerprint density at radius 1 is 1.50 bits per heavy atom. The quantitative estimate of drug-likeness (QED) is 0.788. The second kappa shape index (κ2) is 6.12. The highest BCUT2D eigenvalue weighted by Crippen LogP contribution is 2.16. The van der Waals surface area contributed by atoms with Crippen LogP contribution in [0.15, 0.2) is 0 Å². The van der Waals surface area contributed by atoms with E-state index in [0.29, 0.717) is 11.8 Å². The highest BCUT2D eigenvalue weighted by molar-refractivity contribution is 5.74. The van der Waals surface area contributed by atoms with Crippen LogP contribution in [0.3, 0.4) is 0 Å². The Labute approximate surface area is 99.6 Å². The van der Waals surface area contributed by atoms with E-state index in [1.165, 1.54) is 6.42 Å². The van der Waals surface area contributed by atoms with Gasteiger partial charge in [0.05, 0.1) is 0 Å². The third kappa shape index (κ3) is 3.69. The lowest BCUT2D eigenvalue weighted by molar-refractivity contribution is 0.164. The number of nitrogens with one attached hydrogen (secondary N) is 1. The molecule has 0 aromatic carbocycles. The summed E-state index contributed by atoms with van der Waals surface area (Å²) in [5.74, 6) is 1.20. The molecule has 0 radical (unpaired) electrons. The number of hydrogen-bond acceptors (Lipinski definition) is 1. The minimum absolute atomic E-state index is 0.124. The number of piperidine rings is 1. The summed E-state index contributed by atoms with van der Waals surface area (Å²) < 4.78 is 0. The molecular weight excluding hydrogens is 200 g/mol. The van der Waals surface area contributed by atoms with Crippen LogP contribution in [-0.4, -0.2) is 30.1 Å². The molecule has 0 spiro atoms. The van der Waals surface area contributed by atoms with Gasteiger partial charge in [-0.15, -0.1) is 0 Å². The van der Waals surface area contributed by atoms with E-state index < -0.39 is 0 Å². The van der Waals surface area contributed by atoms with Gasteiger partial charge in [-0.2, -0.15) is 0 Å². The van der Waals surface area contributed by atoms with Crippen molar-refractivity contribution in [3.63, 3.8) is 0 Å². The van der Waals surface area contributed by atoms with Crippen molar-refractivity contribution in [1.29, 1.82) is 0 Å². The zero-order chi connectivity index (χ0) is 12.1. The van der Waals surface area contributed by atoms with Gasteiger partial charge in [0.25, 0.3) is 0 Å². The summed E-state index contributed by atoms with van der Waals surface area (Å²) in [5.41, 5.74) is 0. The predicted molar refractivity (Wildman–Crippen MR) is 67.4 cm³/mol. The number of carbonyl (C=O) groups excluding carboxylic acids is 1. The van der Waals surface area contributed by atoms with Crippen LogP contribution < -0.4 is 5.32 Å². The molecule has 0 aromatic rings. The fourth-order valence-electron chi connectivity index (χ4n) is 2.16. The molecule has 3 heteroatoms. The van der Waals surface area contributed by atoms with Gasteiger partial charge in [-0.3, -0.25) is 0 Å². The number of hydrogen-bond donors (Lipinski definition) is 1. The zero-order valence-corrected chi connectivity index (χ0v) is 11.1. The highest BCUT2D eigenvalue weighted by atomic mass is 16.2. The Morgan fingerprint density at radius 2 is 2.19 bits per heavy atom. The molecular formula is C13H26N2O. The number of likely N-dealkylation sites (tertiary alicyclic amines) is 1. The summed E-state index contributed by atoms with van der Waals surface area (Å²) in [7, 11) is 0. The predicted octanol–water partition coefficient (Wildman–Crippen LogP) is 2.86. The topological polar surface area (TPSA) is 32.3 Å². The Kier molecular flexibility index (Phi) is 5.10. The molecule has 16 heavy (non-hydrogen) atoms. The van der Waals surface area contributed by atoms with Crippen LogP contribution in [0.5, 0.6) is 0 Å². The van der Waals surface area contributed by atoms with Crippen molar-refractivity contribution in [3.8, 4) is 0 Å². The maximum atomic E-state index is 12.0. The van der Waals surface area contributed by atoms with Crippen molar-refractivity contribution in [2.24, 2.45) is 11.8 Å². The number of carbonyl (C=O) groups is 1. The molecule has 0 saturated carbocycles. The van der Waals surface area contributed by atoms with Crippen molar-refractivity contribution < 1.29 is 4.79 Å². The maximum Gasteiger partial charge on any atom is 0.317 e. The van der Waals surface area contributed by atoms with E-state index in [4.69, 9.17) is 0 Å². The Balaban J connectivity index is 2.39. The lowest BCUT2D eigenvalue weighted by Gasteiger charge is -2.32. The molecule has 1 fully saturated rings. The molecule has 0 bridgehead atoms. The van der Waals surface area contributed by atoms with E-state index in [1.807, 2.05) is 4.90 Å². The van der Waals surface area contributed by atoms with Gasteiger partial charge in [0, 0.05) is 19.1 Å². The van der Waals surface area contributed by atoms with Crippen LogP contribution >= 0.6 is 0 Å². The van der Waals surface area contributed by atoms with Gasteiger partial charge in [-0.05, 0) is 31.6 Å². The van der Waals surface area contributed by atoms with Crippen LogP contribution in [-0.2, 0) is 0 Å². The molecule has 2 amide bonds. The van der Waals surface area contributed by atoms with Gasteiger partial charge in [0.15, 0.2) is 0 Å². The van der Waals surface area contributed by atoms with Crippen LogP contribution in [0.2, 0.25) is 0 Å². The average molecular weight is 226 g/mol. The zero-order valence-electron chi connectivity index (χ0n) is 11.1. The summed E-state index contributed by atoms with van der Waals surface area (Å²) in [6, 6.07) is 0.397. The lowest BCUT2D eigenvalue weighted by atomic mass is 10.00. The summed E-state index contributed by atoms with van der Waals surface area (Å²) >= 11 is 0. The fourth-order valence-corrected chi connectivity index (χ4v) is 2.16. The summed E-state index contributed by atoms with van der Waals surface area (Å²) in [6.45, 7) is 10.5. The van der Waals surface area contributed by atoms with E-state index >= 15 is 0 Å². The van der Waals surface area contributed by atoms with E-state index in [9.17, 15) is 4.79 Å². The van der Waals surface area contributed by atoms with Crippen molar-refractivity contribution in [2.45, 2.75) is 53.0 Å². The second-order valence-corrected chi connectivity index (χ2v) is 5.32. The molecule has 1 heterocycles. The monoisotopic (exact) mass is 226 g/mol. The molecule has 3 atom stereocenters. The first-order chi connectivity index (χ1) is 7.54. The molecule has 1 rings (SSSR count). The van der Waals surface area contributed by atoms with Gasteiger partial charge in [-0.1, -0.05) is 27.2 Å². The SMILES string of the molecule is CCC(C)C(C)NC(=O)N1CCCC(C)C1. The van der Waals surface area contributed by atoms with Crippen molar-refractivity contribution in [2.75, 3.05) is 13.1 Å². The van der Waals surface area contributed by atoms with Crippen LogP contribution in [0, 0.1) is 11.8 Å². The van der Waals surface area contributed by atoms with Gasteiger partial charge >= 0.3 is 6.03 Å². The molecule has 0 aromatic heterocycles. The number of nitrogens with zero attached hydrogens (tertiary/aromatic N) is 1. The number of urea groups is 1. The molecule has 1 aliphatic rings. The van der Waals surface area contributed by atoms with Crippen molar-refractivity contribution in [3.05, 3.63) is 0 Å². The minimum Gasteiger partial charge on any atom is -0.335 e. The largest absolute Gasteiger partial charge is 0.335 e. The van der Waals surface area contributed by atoms with Gasteiger partial charge in [0.1, 0.15) is 0 Å². The van der Waals surface area contributed by atoms with Crippen molar-refractivity contribution >= 4 is 6.03 Å². The standard InChI is InChI=1S/C13H26N2O/c1-5-11(3)12(4)14-13(16)15-8-6-7-10(2)9-15/h10-12H,5-9H2,1-4H3,(H,14,16). The van der Waals surface area contributed by atoms with Crippen molar-refractivity contribution in [1.82, 2.24) is 10.2 Å². The normalized spacial score (nSPS) is 25.0. The summed E-state index contributed by atoms with van der Waals surface area (Å²) in [4.78, 5) is 14.0. The molecule has 3 unspecified atom stereocenters. The number of rotatable bonds is 3. The van der Waals surface area contributed by atoms with Crippen LogP contribution in [0.1, 0.15) is 47.0 Å². The lowest BCUT2D eigenvalue weighted by Crippen LogP contribution is -2.49. The first-order valence-electron chi connectivity index (χ1n) is 6.60. The maximum absolute atomic E-state index is 12.0. The second-order valence-electron chi connectivity index (χ2n) is 5.32. The third-order valence-corrected chi connectivity index (χ3v) is 3.79. The first kappa shape index (κ1) is 13.3. The molecule has 1 saturated heterocycles. The van der Waals surface area contributed by atoms with Crippen LogP contribution in [0.4, 0.5) is 4.79 Å². The van der Waals surface area contributed by atoms with E-state index in [0.717, 1.165) is 25.9 Å². The van der Waals surface area contributed by atoms with E-state index in [-0.39, 0.29) is 12.1 Å². The smallest absolute Gasteiger partial charge is 0.317 e. The van der Waals surface area contributed by atoms with E-state index in [2.05, 4.69) is 33.0 Å². The minimum atomic E-state index is 0.124. The van der Waals surface area contributed by atoms with Gasteiger partial charge in [-0.25, -0.2) is 4.79 Å². The fraction of sp³-hybridized carbons (Fsp3) is 0.923. The molecule has 94 valence electrons. The Bertz CT molecular complexity index is 230.